The Labute approximate surface area is 302 Å². The molecule has 0 bridgehead atoms. The quantitative estimate of drug-likeness (QED) is 0.149. The lowest BCUT2D eigenvalue weighted by Crippen LogP contribution is -2.69. The Morgan fingerprint density at radius 2 is 1.04 bits per heavy atom. The minimum absolute atomic E-state index is 0.0000416. The second-order valence-electron chi connectivity index (χ2n) is 18.2. The van der Waals surface area contributed by atoms with Crippen molar-refractivity contribution in [2.75, 3.05) is 4.81 Å². The molecule has 0 amide bonds. The molecule has 0 atom stereocenters. The van der Waals surface area contributed by atoms with E-state index >= 15 is 0 Å². The van der Waals surface area contributed by atoms with E-state index in [1.807, 2.05) is 11.8 Å². The van der Waals surface area contributed by atoms with E-state index in [9.17, 15) is 0 Å². The van der Waals surface area contributed by atoms with Crippen LogP contribution in [0.2, 0.25) is 0 Å². The highest BCUT2D eigenvalue weighted by atomic mass is 32.2. The van der Waals surface area contributed by atoms with Crippen LogP contribution in [0.3, 0.4) is 0 Å². The van der Waals surface area contributed by atoms with Gasteiger partial charge in [0.15, 0.2) is 0 Å². The van der Waals surface area contributed by atoms with E-state index in [4.69, 9.17) is 0 Å². The minimum Gasteiger partial charge on any atom is -0.377 e. The highest BCUT2D eigenvalue weighted by Gasteiger charge is 2.52. The van der Waals surface area contributed by atoms with E-state index in [0.29, 0.717) is 0 Å². The van der Waals surface area contributed by atoms with Gasteiger partial charge in [-0.05, 0) is 100 Å². The monoisotopic (exact) mass is 663 g/mol. The van der Waals surface area contributed by atoms with Crippen LogP contribution in [0.5, 0.6) is 0 Å². The average molecular weight is 664 g/mol. The van der Waals surface area contributed by atoms with Crippen LogP contribution < -0.4 is 32.1 Å². The predicted octanol–water partition coefficient (Wildman–Crippen LogP) is 8.93. The van der Waals surface area contributed by atoms with E-state index in [1.54, 1.807) is 0 Å². The van der Waals surface area contributed by atoms with E-state index in [0.717, 1.165) is 0 Å². The molecule has 4 heteroatoms. The molecule has 0 unspecified atom stereocenters. The van der Waals surface area contributed by atoms with Crippen molar-refractivity contribution in [1.29, 1.82) is 0 Å². The third kappa shape index (κ3) is 4.06. The maximum Gasteiger partial charge on any atom is 0.329 e. The molecule has 244 valence electrons. The molecule has 6 aromatic rings. The van der Waals surface area contributed by atoms with Gasteiger partial charge in [0.05, 0.1) is 0 Å². The summed E-state index contributed by atoms with van der Waals surface area (Å²) in [5.41, 5.74) is 19.9. The summed E-state index contributed by atoms with van der Waals surface area (Å²) < 4.78 is 0. The SMILES string of the molecule is CC(C)(C)c1ccc2c(c1)B1c3cc(C(C)(C)C)ccc3-c3ccc4c5c3N1c1c(cc(C(C)(C)C)cc1-2)B5c1c(ccc2ccccc12)S4. The van der Waals surface area contributed by atoms with Crippen LogP contribution in [-0.2, 0) is 16.2 Å². The molecule has 0 saturated heterocycles. The zero-order valence-electron chi connectivity index (χ0n) is 30.7. The fraction of sp³-hybridized carbons (Fsp3) is 0.261. The van der Waals surface area contributed by atoms with Gasteiger partial charge in [-0.15, -0.1) is 0 Å². The highest BCUT2D eigenvalue weighted by Crippen LogP contribution is 2.51. The zero-order valence-corrected chi connectivity index (χ0v) is 31.6. The number of fused-ring (bicyclic) bond motifs is 11. The predicted molar refractivity (Wildman–Crippen MR) is 220 cm³/mol. The summed E-state index contributed by atoms with van der Waals surface area (Å²) >= 11 is 1.97. The maximum atomic E-state index is 2.81. The first-order chi connectivity index (χ1) is 23.7. The smallest absolute Gasteiger partial charge is 0.329 e. The van der Waals surface area contributed by atoms with Crippen LogP contribution in [0, 0.1) is 0 Å². The highest BCUT2D eigenvalue weighted by molar-refractivity contribution is 8.00. The van der Waals surface area contributed by atoms with Gasteiger partial charge < -0.3 is 4.81 Å². The number of rotatable bonds is 0. The van der Waals surface area contributed by atoms with Gasteiger partial charge in [0.1, 0.15) is 0 Å². The van der Waals surface area contributed by atoms with Crippen molar-refractivity contribution in [1.82, 2.24) is 0 Å². The summed E-state index contributed by atoms with van der Waals surface area (Å²) in [6, 6.07) is 38.6. The average Bonchev–Trinajstić information content (AvgIpc) is 3.07. The summed E-state index contributed by atoms with van der Waals surface area (Å²) in [5, 5.41) is 2.70. The summed E-state index contributed by atoms with van der Waals surface area (Å²) in [4.78, 5) is 5.59. The van der Waals surface area contributed by atoms with Gasteiger partial charge in [-0.3, -0.25) is 0 Å². The summed E-state index contributed by atoms with van der Waals surface area (Å²) in [7, 11) is 0. The second-order valence-corrected chi connectivity index (χ2v) is 19.3. The molecule has 0 N–H and O–H groups in total. The first-order valence-electron chi connectivity index (χ1n) is 18.3. The summed E-state index contributed by atoms with van der Waals surface area (Å²) in [5.74, 6) is 0. The molecule has 0 spiro atoms. The van der Waals surface area contributed by atoms with Crippen LogP contribution in [0.25, 0.3) is 33.0 Å². The van der Waals surface area contributed by atoms with E-state index < -0.39 is 0 Å². The van der Waals surface area contributed by atoms with Crippen molar-refractivity contribution in [2.24, 2.45) is 0 Å². The zero-order chi connectivity index (χ0) is 34.6. The Hall–Kier alpha value is -4.14. The Bertz CT molecular complexity index is 2490. The topological polar surface area (TPSA) is 3.24 Å². The largest absolute Gasteiger partial charge is 0.377 e. The van der Waals surface area contributed by atoms with Crippen LogP contribution >= 0.6 is 11.8 Å². The Balaban J connectivity index is 1.41. The van der Waals surface area contributed by atoms with Gasteiger partial charge in [-0.1, -0.05) is 153 Å². The molecule has 0 aliphatic carbocycles. The molecule has 1 nitrogen and oxygen atoms in total. The Morgan fingerprint density at radius 3 is 1.70 bits per heavy atom. The van der Waals surface area contributed by atoms with E-state index in [1.165, 1.54) is 98.2 Å². The Kier molecular flexibility index (Phi) is 6.01. The van der Waals surface area contributed by atoms with Gasteiger partial charge in [0.25, 0.3) is 0 Å². The van der Waals surface area contributed by atoms with Gasteiger partial charge in [-0.25, -0.2) is 0 Å². The number of nitrogens with zero attached hydrogens (tertiary/aromatic N) is 1. The fourth-order valence-electron chi connectivity index (χ4n) is 9.27. The standard InChI is InChI=1S/C46H43B2NS/c1-44(2,3)27-15-17-31-33-19-21-39-41-43(33)49-42-34(32-18-16-28(45(4,5)6)24-36(32)48(49)35(31)23-27)22-29(46(7,8)9)25-37(42)47(41)40-30-13-11-10-12-26(30)14-20-38(40)50-39/h10-25H,1-9H3. The van der Waals surface area contributed by atoms with Crippen molar-refractivity contribution in [3.63, 3.8) is 0 Å². The minimum atomic E-state index is -0.0000416. The van der Waals surface area contributed by atoms with Crippen LogP contribution in [0.15, 0.2) is 107 Å². The first kappa shape index (κ1) is 30.7. The normalized spacial score (nSPS) is 15.1. The van der Waals surface area contributed by atoms with E-state index in [-0.39, 0.29) is 29.8 Å². The molecular formula is C46H43B2NS. The maximum absolute atomic E-state index is 2.81. The molecule has 4 heterocycles. The first-order valence-corrected chi connectivity index (χ1v) is 19.2. The molecule has 0 aromatic heterocycles. The number of benzene rings is 6. The summed E-state index contributed by atoms with van der Waals surface area (Å²) in [6.07, 6.45) is 0. The van der Waals surface area contributed by atoms with Crippen LogP contribution in [0.4, 0.5) is 11.4 Å². The van der Waals surface area contributed by atoms with Crippen molar-refractivity contribution < 1.29 is 0 Å². The lowest BCUT2D eigenvalue weighted by Gasteiger charge is -2.51. The van der Waals surface area contributed by atoms with Gasteiger partial charge in [0.2, 0.25) is 6.71 Å². The van der Waals surface area contributed by atoms with Crippen LogP contribution in [-0.4, -0.2) is 13.6 Å². The van der Waals surface area contributed by atoms with Crippen LogP contribution in [0.1, 0.15) is 79.0 Å². The van der Waals surface area contributed by atoms with Crippen molar-refractivity contribution in [3.8, 4) is 22.3 Å². The van der Waals surface area contributed by atoms with Crippen molar-refractivity contribution >= 4 is 74.8 Å². The Morgan fingerprint density at radius 1 is 0.480 bits per heavy atom. The number of hydrogen-bond donors (Lipinski definition) is 0. The van der Waals surface area contributed by atoms with Gasteiger partial charge >= 0.3 is 6.85 Å². The van der Waals surface area contributed by atoms with Gasteiger partial charge in [0, 0.05) is 32.3 Å². The van der Waals surface area contributed by atoms with Crippen molar-refractivity contribution in [3.05, 3.63) is 114 Å². The molecule has 50 heavy (non-hydrogen) atoms. The molecule has 0 saturated carbocycles. The number of hydrogen-bond acceptors (Lipinski definition) is 2. The molecule has 4 aliphatic heterocycles. The molecule has 4 aliphatic rings. The lowest BCUT2D eigenvalue weighted by molar-refractivity contribution is 0.590. The third-order valence-electron chi connectivity index (χ3n) is 12.0. The van der Waals surface area contributed by atoms with Gasteiger partial charge in [-0.2, -0.15) is 0 Å². The lowest BCUT2D eigenvalue weighted by atomic mass is 9.31. The molecule has 10 rings (SSSR count). The molecular weight excluding hydrogens is 620 g/mol. The fourth-order valence-corrected chi connectivity index (χ4v) is 10.4. The third-order valence-corrected chi connectivity index (χ3v) is 13.1. The number of anilines is 2. The molecule has 0 radical (unpaired) electrons. The molecule has 6 aromatic carbocycles. The summed E-state index contributed by atoms with van der Waals surface area (Å²) in [6.45, 7) is 21.5. The molecule has 0 fully saturated rings. The second kappa shape index (κ2) is 9.80. The van der Waals surface area contributed by atoms with E-state index in [2.05, 4.69) is 164 Å². The van der Waals surface area contributed by atoms with Crippen molar-refractivity contribution in [2.45, 2.75) is 88.3 Å².